The van der Waals surface area contributed by atoms with Gasteiger partial charge in [0.25, 0.3) is 11.8 Å². The van der Waals surface area contributed by atoms with E-state index in [0.29, 0.717) is 18.7 Å². The normalized spacial score (nSPS) is 13.8. The summed E-state index contributed by atoms with van der Waals surface area (Å²) in [4.78, 5) is 38.6. The monoisotopic (exact) mass is 448 g/mol. The van der Waals surface area contributed by atoms with Gasteiger partial charge in [0.15, 0.2) is 5.75 Å². The number of pyridine rings is 1. The highest BCUT2D eigenvalue weighted by molar-refractivity contribution is 7.89. The zero-order valence-electron chi connectivity index (χ0n) is 17.5. The third-order valence-electron chi connectivity index (χ3n) is 4.99. The van der Waals surface area contributed by atoms with E-state index in [-0.39, 0.29) is 46.7 Å². The van der Waals surface area contributed by atoms with Crippen LogP contribution in [-0.2, 0) is 16.6 Å². The van der Waals surface area contributed by atoms with Gasteiger partial charge in [0, 0.05) is 51.9 Å². The van der Waals surface area contributed by atoms with Crippen molar-refractivity contribution in [2.45, 2.75) is 11.4 Å². The summed E-state index contributed by atoms with van der Waals surface area (Å²) in [6.07, 6.45) is 1.52. The Morgan fingerprint density at radius 1 is 1.16 bits per heavy atom. The van der Waals surface area contributed by atoms with E-state index in [1.54, 1.807) is 9.47 Å². The topological polar surface area (TPSA) is 118 Å². The summed E-state index contributed by atoms with van der Waals surface area (Å²) in [6.45, 7) is 1.43. The van der Waals surface area contributed by atoms with Gasteiger partial charge in [-0.2, -0.15) is 0 Å². The molecule has 31 heavy (non-hydrogen) atoms. The molecule has 10 nitrogen and oxygen atoms in total. The summed E-state index contributed by atoms with van der Waals surface area (Å²) in [5.74, 6) is -0.486. The molecule has 0 spiro atoms. The molecule has 3 rings (SSSR count). The fourth-order valence-corrected chi connectivity index (χ4v) is 4.08. The maximum atomic E-state index is 12.7. The number of nitrogens with one attached hydrogen (secondary N) is 1. The van der Waals surface area contributed by atoms with E-state index < -0.39 is 10.0 Å². The van der Waals surface area contributed by atoms with Gasteiger partial charge in [-0.25, -0.2) is 12.7 Å². The molecule has 0 fully saturated rings. The van der Waals surface area contributed by atoms with E-state index in [4.69, 9.17) is 4.74 Å². The number of amides is 2. The number of hydrogen-bond donors (Lipinski definition) is 1. The number of benzene rings is 1. The van der Waals surface area contributed by atoms with E-state index in [2.05, 4.69) is 5.32 Å². The molecule has 11 heteroatoms. The van der Waals surface area contributed by atoms with Crippen molar-refractivity contribution < 1.29 is 22.7 Å². The second kappa shape index (κ2) is 8.90. The Morgan fingerprint density at radius 3 is 2.45 bits per heavy atom. The van der Waals surface area contributed by atoms with Gasteiger partial charge in [0.05, 0.1) is 18.2 Å². The average molecular weight is 449 g/mol. The third-order valence-corrected chi connectivity index (χ3v) is 6.82. The predicted molar refractivity (Wildman–Crippen MR) is 113 cm³/mol. The van der Waals surface area contributed by atoms with Gasteiger partial charge in [-0.3, -0.25) is 14.4 Å². The molecular weight excluding hydrogens is 424 g/mol. The summed E-state index contributed by atoms with van der Waals surface area (Å²) < 4.78 is 32.0. The highest BCUT2D eigenvalue weighted by Crippen LogP contribution is 2.15. The van der Waals surface area contributed by atoms with E-state index in [1.165, 1.54) is 57.7 Å². The molecule has 166 valence electrons. The first-order valence-corrected chi connectivity index (χ1v) is 11.0. The molecule has 1 aliphatic rings. The van der Waals surface area contributed by atoms with Crippen LogP contribution >= 0.6 is 0 Å². The summed E-state index contributed by atoms with van der Waals surface area (Å²) in [5.41, 5.74) is 0.227. The second-order valence-corrected chi connectivity index (χ2v) is 9.30. The van der Waals surface area contributed by atoms with Crippen molar-refractivity contribution in [2.75, 3.05) is 40.8 Å². The molecule has 1 N–H and O–H groups in total. The lowest BCUT2D eigenvalue weighted by molar-refractivity contribution is 0.0696. The molecule has 2 amide bonds. The minimum absolute atomic E-state index is 0.0958. The zero-order chi connectivity index (χ0) is 22.8. The molecule has 2 aromatic rings. The van der Waals surface area contributed by atoms with Crippen molar-refractivity contribution in [3.8, 4) is 5.75 Å². The lowest BCUT2D eigenvalue weighted by Crippen LogP contribution is -2.45. The number of rotatable bonds is 7. The van der Waals surface area contributed by atoms with Gasteiger partial charge >= 0.3 is 0 Å². The molecular formula is C20H24N4O6S. The Balaban J connectivity index is 1.59. The van der Waals surface area contributed by atoms with Crippen LogP contribution < -0.4 is 15.5 Å². The Morgan fingerprint density at radius 2 is 1.84 bits per heavy atom. The molecule has 1 aromatic heterocycles. The lowest BCUT2D eigenvalue weighted by Gasteiger charge is -2.30. The quantitative estimate of drug-likeness (QED) is 0.637. The zero-order valence-corrected chi connectivity index (χ0v) is 18.3. The number of carbonyl (C=O) groups is 2. The van der Waals surface area contributed by atoms with Gasteiger partial charge in [-0.1, -0.05) is 0 Å². The first kappa shape index (κ1) is 22.5. The molecule has 0 aliphatic carbocycles. The van der Waals surface area contributed by atoms with Gasteiger partial charge in [0.1, 0.15) is 5.69 Å². The van der Waals surface area contributed by atoms with E-state index in [9.17, 15) is 22.8 Å². The summed E-state index contributed by atoms with van der Waals surface area (Å²) in [7, 11) is 0.705. The number of methoxy groups -OCH3 is 1. The van der Waals surface area contributed by atoms with Crippen molar-refractivity contribution in [1.29, 1.82) is 0 Å². The SMILES string of the molecule is COc1cn2c(cc1=O)C(=O)N(CCNC(=O)c1ccc(S(=O)(=O)N(C)C)cc1)CC2. The first-order valence-electron chi connectivity index (χ1n) is 9.53. The van der Waals surface area contributed by atoms with Crippen LogP contribution in [0.2, 0.25) is 0 Å². The maximum Gasteiger partial charge on any atom is 0.270 e. The Labute approximate surface area is 180 Å². The third kappa shape index (κ3) is 4.62. The second-order valence-electron chi connectivity index (χ2n) is 7.14. The number of fused-ring (bicyclic) bond motifs is 1. The molecule has 0 saturated heterocycles. The highest BCUT2D eigenvalue weighted by Gasteiger charge is 2.25. The van der Waals surface area contributed by atoms with Crippen molar-refractivity contribution in [1.82, 2.24) is 19.1 Å². The summed E-state index contributed by atoms with van der Waals surface area (Å²) >= 11 is 0. The maximum absolute atomic E-state index is 12.7. The minimum atomic E-state index is -3.56. The number of nitrogens with zero attached hydrogens (tertiary/aromatic N) is 3. The fourth-order valence-electron chi connectivity index (χ4n) is 3.18. The standard InChI is InChI=1S/C20H24N4O6S/c1-22(2)31(28,29)15-6-4-14(5-7-15)19(26)21-8-9-23-10-11-24-13-18(30-3)17(25)12-16(24)20(23)27/h4-7,12-13H,8-11H2,1-3H3,(H,21,26). The van der Waals surface area contributed by atoms with Crippen LogP contribution in [0, 0.1) is 0 Å². The fraction of sp³-hybridized carbons (Fsp3) is 0.350. The van der Waals surface area contributed by atoms with Gasteiger partial charge in [0.2, 0.25) is 15.5 Å². The smallest absolute Gasteiger partial charge is 0.270 e. The Kier molecular flexibility index (Phi) is 6.46. The highest BCUT2D eigenvalue weighted by atomic mass is 32.2. The lowest BCUT2D eigenvalue weighted by atomic mass is 10.2. The summed E-state index contributed by atoms with van der Waals surface area (Å²) in [5, 5.41) is 2.72. The molecule has 2 heterocycles. The Bertz CT molecular complexity index is 1160. The molecule has 1 aromatic carbocycles. The summed E-state index contributed by atoms with van der Waals surface area (Å²) in [6, 6.07) is 6.89. The largest absolute Gasteiger partial charge is 0.491 e. The molecule has 0 bridgehead atoms. The molecule has 1 aliphatic heterocycles. The number of aromatic nitrogens is 1. The number of carbonyl (C=O) groups excluding carboxylic acids is 2. The van der Waals surface area contributed by atoms with E-state index in [1.807, 2.05) is 0 Å². The van der Waals surface area contributed by atoms with Crippen LogP contribution in [-0.4, -0.2) is 74.8 Å². The van der Waals surface area contributed by atoms with Crippen LogP contribution in [0.4, 0.5) is 0 Å². The van der Waals surface area contributed by atoms with Gasteiger partial charge < -0.3 is 19.5 Å². The van der Waals surface area contributed by atoms with E-state index >= 15 is 0 Å². The van der Waals surface area contributed by atoms with Crippen molar-refractivity contribution >= 4 is 21.8 Å². The molecule has 0 unspecified atom stereocenters. The van der Waals surface area contributed by atoms with Gasteiger partial charge in [-0.05, 0) is 24.3 Å². The number of sulfonamides is 1. The Hall–Kier alpha value is -3.18. The van der Waals surface area contributed by atoms with E-state index in [0.717, 1.165) is 4.31 Å². The van der Waals surface area contributed by atoms with Crippen LogP contribution in [0.5, 0.6) is 5.75 Å². The van der Waals surface area contributed by atoms with Crippen LogP contribution in [0.25, 0.3) is 0 Å². The number of ether oxygens (including phenoxy) is 1. The van der Waals surface area contributed by atoms with Crippen LogP contribution in [0.3, 0.4) is 0 Å². The molecule has 0 radical (unpaired) electrons. The number of hydrogen-bond acceptors (Lipinski definition) is 6. The first-order chi connectivity index (χ1) is 14.6. The minimum Gasteiger partial charge on any atom is -0.491 e. The van der Waals surface area contributed by atoms with Crippen molar-refractivity contribution in [3.63, 3.8) is 0 Å². The molecule has 0 saturated carbocycles. The average Bonchev–Trinajstić information content (AvgIpc) is 2.75. The van der Waals surface area contributed by atoms with Gasteiger partial charge in [-0.15, -0.1) is 0 Å². The van der Waals surface area contributed by atoms with Crippen molar-refractivity contribution in [2.24, 2.45) is 0 Å². The van der Waals surface area contributed by atoms with Crippen molar-refractivity contribution in [3.05, 3.63) is 58.0 Å². The van der Waals surface area contributed by atoms with Crippen LogP contribution in [0.1, 0.15) is 20.8 Å². The predicted octanol–water partition coefficient (Wildman–Crippen LogP) is -0.00700. The van der Waals surface area contributed by atoms with Crippen LogP contribution in [0.15, 0.2) is 46.2 Å². The molecule has 0 atom stereocenters.